The molecule has 0 atom stereocenters. The SMILES string of the molecule is CC(=O)SCCC#Cc1ccccc1C(=O)O. The summed E-state index contributed by atoms with van der Waals surface area (Å²) in [7, 11) is 0. The van der Waals surface area contributed by atoms with Crippen LogP contribution in [-0.2, 0) is 4.79 Å². The van der Waals surface area contributed by atoms with Crippen LogP contribution >= 0.6 is 11.8 Å². The van der Waals surface area contributed by atoms with Gasteiger partial charge in [0.05, 0.1) is 5.56 Å². The van der Waals surface area contributed by atoms with E-state index in [4.69, 9.17) is 5.11 Å². The predicted octanol–water partition coefficient (Wildman–Crippen LogP) is 2.41. The van der Waals surface area contributed by atoms with Gasteiger partial charge in [-0.15, -0.1) is 0 Å². The molecule has 1 N–H and O–H groups in total. The molecule has 0 amide bonds. The Morgan fingerprint density at radius 2 is 2.06 bits per heavy atom. The van der Waals surface area contributed by atoms with Gasteiger partial charge in [0.15, 0.2) is 5.12 Å². The topological polar surface area (TPSA) is 54.4 Å². The first-order valence-electron chi connectivity index (χ1n) is 5.06. The molecule has 0 heterocycles. The van der Waals surface area contributed by atoms with Crippen molar-refractivity contribution >= 4 is 22.8 Å². The molecule has 0 unspecified atom stereocenters. The molecule has 0 radical (unpaired) electrons. The van der Waals surface area contributed by atoms with E-state index in [0.29, 0.717) is 17.7 Å². The highest BCUT2D eigenvalue weighted by molar-refractivity contribution is 8.13. The van der Waals surface area contributed by atoms with E-state index >= 15 is 0 Å². The summed E-state index contributed by atoms with van der Waals surface area (Å²) in [5.74, 6) is 5.34. The standard InChI is InChI=1S/C13H12O3S/c1-10(14)17-9-5-4-7-11-6-2-3-8-12(11)13(15)16/h2-3,6,8H,5,9H2,1H3,(H,15,16). The molecule has 0 aromatic heterocycles. The van der Waals surface area contributed by atoms with Crippen LogP contribution in [0.3, 0.4) is 0 Å². The molecule has 0 aliphatic rings. The van der Waals surface area contributed by atoms with Gasteiger partial charge in [-0.2, -0.15) is 0 Å². The highest BCUT2D eigenvalue weighted by Crippen LogP contribution is 2.07. The largest absolute Gasteiger partial charge is 0.478 e. The van der Waals surface area contributed by atoms with Crippen LogP contribution in [0.1, 0.15) is 29.3 Å². The zero-order valence-electron chi connectivity index (χ0n) is 9.40. The number of thioether (sulfide) groups is 1. The fraction of sp³-hybridized carbons (Fsp3) is 0.231. The Morgan fingerprint density at radius 1 is 1.35 bits per heavy atom. The van der Waals surface area contributed by atoms with Gasteiger partial charge in [-0.3, -0.25) is 4.79 Å². The van der Waals surface area contributed by atoms with Crippen molar-refractivity contribution in [3.05, 3.63) is 35.4 Å². The zero-order valence-corrected chi connectivity index (χ0v) is 10.2. The van der Waals surface area contributed by atoms with Gasteiger partial charge in [0, 0.05) is 24.7 Å². The normalized spacial score (nSPS) is 9.24. The lowest BCUT2D eigenvalue weighted by molar-refractivity contribution is -0.109. The highest BCUT2D eigenvalue weighted by atomic mass is 32.2. The average Bonchev–Trinajstić information content (AvgIpc) is 2.28. The number of carbonyl (C=O) groups is 2. The summed E-state index contributed by atoms with van der Waals surface area (Å²) in [5, 5.41) is 8.99. The van der Waals surface area contributed by atoms with Crippen molar-refractivity contribution in [2.45, 2.75) is 13.3 Å². The molecule has 0 aliphatic carbocycles. The minimum Gasteiger partial charge on any atom is -0.478 e. The summed E-state index contributed by atoms with van der Waals surface area (Å²) in [5.41, 5.74) is 0.715. The first kappa shape index (κ1) is 13.3. The van der Waals surface area contributed by atoms with E-state index in [-0.39, 0.29) is 10.7 Å². The number of hydrogen-bond acceptors (Lipinski definition) is 3. The molecule has 1 aromatic rings. The fourth-order valence-corrected chi connectivity index (χ4v) is 1.67. The zero-order chi connectivity index (χ0) is 12.7. The second kappa shape index (κ2) is 6.77. The number of carboxylic acids is 1. The van der Waals surface area contributed by atoms with E-state index in [1.54, 1.807) is 18.2 Å². The van der Waals surface area contributed by atoms with Crippen molar-refractivity contribution in [1.82, 2.24) is 0 Å². The van der Waals surface area contributed by atoms with Crippen molar-refractivity contribution in [3.8, 4) is 11.8 Å². The summed E-state index contributed by atoms with van der Waals surface area (Å²) < 4.78 is 0. The summed E-state index contributed by atoms with van der Waals surface area (Å²) in [6.07, 6.45) is 0.568. The van der Waals surface area contributed by atoms with Crippen LogP contribution in [-0.4, -0.2) is 21.9 Å². The van der Waals surface area contributed by atoms with E-state index in [2.05, 4.69) is 11.8 Å². The van der Waals surface area contributed by atoms with Gasteiger partial charge in [-0.25, -0.2) is 4.79 Å². The summed E-state index contributed by atoms with van der Waals surface area (Å²) in [4.78, 5) is 21.5. The molecular formula is C13H12O3S. The second-order valence-corrected chi connectivity index (χ2v) is 4.51. The van der Waals surface area contributed by atoms with Crippen molar-refractivity contribution in [3.63, 3.8) is 0 Å². The predicted molar refractivity (Wildman–Crippen MR) is 68.0 cm³/mol. The monoisotopic (exact) mass is 248 g/mol. The van der Waals surface area contributed by atoms with Crippen molar-refractivity contribution < 1.29 is 14.7 Å². The number of benzene rings is 1. The Labute approximate surface area is 104 Å². The first-order chi connectivity index (χ1) is 8.11. The maximum absolute atomic E-state index is 10.9. The van der Waals surface area contributed by atoms with Gasteiger partial charge >= 0.3 is 5.97 Å². The Morgan fingerprint density at radius 3 is 2.71 bits per heavy atom. The molecule has 1 rings (SSSR count). The molecule has 0 bridgehead atoms. The third-order valence-electron chi connectivity index (χ3n) is 1.91. The second-order valence-electron chi connectivity index (χ2n) is 3.24. The third-order valence-corrected chi connectivity index (χ3v) is 2.73. The molecule has 0 saturated heterocycles. The van der Waals surface area contributed by atoms with Crippen LogP contribution in [0.5, 0.6) is 0 Å². The Bertz CT molecular complexity index is 483. The molecule has 3 nitrogen and oxygen atoms in total. The Hall–Kier alpha value is -1.73. The lowest BCUT2D eigenvalue weighted by Crippen LogP contribution is -1.99. The van der Waals surface area contributed by atoms with Crippen LogP contribution < -0.4 is 0 Å². The summed E-state index contributed by atoms with van der Waals surface area (Å²) in [6, 6.07) is 6.62. The molecule has 1 aromatic carbocycles. The Balaban J connectivity index is 2.65. The molecule has 0 aliphatic heterocycles. The minimum absolute atomic E-state index is 0.0673. The number of carboxylic acid groups (broad SMARTS) is 1. The van der Waals surface area contributed by atoms with Gasteiger partial charge < -0.3 is 5.11 Å². The number of aromatic carboxylic acids is 1. The summed E-state index contributed by atoms with van der Waals surface area (Å²) >= 11 is 1.22. The first-order valence-corrected chi connectivity index (χ1v) is 6.04. The van der Waals surface area contributed by atoms with Gasteiger partial charge in [-0.05, 0) is 12.1 Å². The lowest BCUT2D eigenvalue weighted by Gasteiger charge is -1.97. The number of hydrogen-bond donors (Lipinski definition) is 1. The van der Waals surface area contributed by atoms with E-state index in [0.717, 1.165) is 0 Å². The molecule has 0 fully saturated rings. The Kier molecular flexibility index (Phi) is 5.31. The van der Waals surface area contributed by atoms with E-state index in [9.17, 15) is 9.59 Å². The van der Waals surface area contributed by atoms with Crippen molar-refractivity contribution in [1.29, 1.82) is 0 Å². The lowest BCUT2D eigenvalue weighted by atomic mass is 10.1. The van der Waals surface area contributed by atoms with Crippen molar-refractivity contribution in [2.75, 3.05) is 5.75 Å². The number of rotatable bonds is 3. The van der Waals surface area contributed by atoms with Crippen LogP contribution in [0.4, 0.5) is 0 Å². The maximum atomic E-state index is 10.9. The van der Waals surface area contributed by atoms with E-state index in [1.165, 1.54) is 24.8 Å². The van der Waals surface area contributed by atoms with Crippen LogP contribution in [0.15, 0.2) is 24.3 Å². The van der Waals surface area contributed by atoms with E-state index in [1.807, 2.05) is 0 Å². The average molecular weight is 248 g/mol. The van der Waals surface area contributed by atoms with Crippen LogP contribution in [0.2, 0.25) is 0 Å². The molecule has 0 spiro atoms. The quantitative estimate of drug-likeness (QED) is 0.659. The molecule has 88 valence electrons. The maximum Gasteiger partial charge on any atom is 0.336 e. The molecule has 17 heavy (non-hydrogen) atoms. The summed E-state index contributed by atoms with van der Waals surface area (Å²) in [6.45, 7) is 1.51. The van der Waals surface area contributed by atoms with Gasteiger partial charge in [-0.1, -0.05) is 35.7 Å². The smallest absolute Gasteiger partial charge is 0.336 e. The number of carbonyl (C=O) groups excluding carboxylic acids is 1. The fourth-order valence-electron chi connectivity index (χ4n) is 1.18. The van der Waals surface area contributed by atoms with Gasteiger partial charge in [0.1, 0.15) is 0 Å². The molecule has 4 heteroatoms. The van der Waals surface area contributed by atoms with Crippen LogP contribution in [0, 0.1) is 11.8 Å². The van der Waals surface area contributed by atoms with Crippen molar-refractivity contribution in [2.24, 2.45) is 0 Å². The third kappa shape index (κ3) is 4.75. The van der Waals surface area contributed by atoms with Crippen LogP contribution in [0.25, 0.3) is 0 Å². The van der Waals surface area contributed by atoms with E-state index < -0.39 is 5.97 Å². The minimum atomic E-state index is -0.979. The molecule has 0 saturated carbocycles. The highest BCUT2D eigenvalue weighted by Gasteiger charge is 2.05. The van der Waals surface area contributed by atoms with Gasteiger partial charge in [0.25, 0.3) is 0 Å². The molecular weight excluding hydrogens is 236 g/mol. The van der Waals surface area contributed by atoms with Gasteiger partial charge in [0.2, 0.25) is 0 Å².